The zero-order chi connectivity index (χ0) is 26.0. The van der Waals surface area contributed by atoms with Gasteiger partial charge in [-0.2, -0.15) is 0 Å². The normalized spacial score (nSPS) is 11.1. The standard InChI is InChI=1S/C35H38F2/c1-3-5-6-7-8-9-11-27-12-16-28(17-13-27)29-20-22-31(23-21-29)33-25-24-32(34(36)35(33)37)30-18-14-26(10-4-2)15-19-30/h12-25H,3-11H2,1-2H3. The summed E-state index contributed by atoms with van der Waals surface area (Å²) in [7, 11) is 0. The lowest BCUT2D eigenvalue weighted by molar-refractivity contribution is 0.514. The van der Waals surface area contributed by atoms with Gasteiger partial charge in [-0.1, -0.05) is 137 Å². The first kappa shape index (κ1) is 26.8. The molecule has 0 nitrogen and oxygen atoms in total. The monoisotopic (exact) mass is 496 g/mol. The van der Waals surface area contributed by atoms with E-state index in [1.807, 2.05) is 48.5 Å². The SMILES string of the molecule is CCCCCCCCc1ccc(-c2ccc(-c3ccc(-c4ccc(CCC)cc4)c(F)c3F)cc2)cc1. The van der Waals surface area contributed by atoms with Crippen molar-refractivity contribution in [2.75, 3.05) is 0 Å². The molecule has 4 aromatic rings. The third kappa shape index (κ3) is 6.95. The van der Waals surface area contributed by atoms with Gasteiger partial charge in [-0.15, -0.1) is 0 Å². The minimum atomic E-state index is -0.804. The second-order valence-corrected chi connectivity index (χ2v) is 10.0. The van der Waals surface area contributed by atoms with Crippen molar-refractivity contribution >= 4 is 0 Å². The molecule has 0 aliphatic heterocycles. The Bertz CT molecular complexity index is 1250. The van der Waals surface area contributed by atoms with Crippen LogP contribution >= 0.6 is 0 Å². The molecular formula is C35H38F2. The molecule has 0 aromatic heterocycles. The number of hydrogen-bond acceptors (Lipinski definition) is 0. The summed E-state index contributed by atoms with van der Waals surface area (Å²) in [5, 5.41) is 0. The molecule has 192 valence electrons. The fourth-order valence-corrected chi connectivity index (χ4v) is 4.95. The van der Waals surface area contributed by atoms with Gasteiger partial charge in [0.05, 0.1) is 0 Å². The number of halogens is 2. The zero-order valence-electron chi connectivity index (χ0n) is 22.2. The van der Waals surface area contributed by atoms with Crippen molar-refractivity contribution in [1.29, 1.82) is 0 Å². The van der Waals surface area contributed by atoms with Gasteiger partial charge in [0.15, 0.2) is 11.6 Å². The lowest BCUT2D eigenvalue weighted by Crippen LogP contribution is -1.94. The molecule has 0 spiro atoms. The summed E-state index contributed by atoms with van der Waals surface area (Å²) >= 11 is 0. The summed E-state index contributed by atoms with van der Waals surface area (Å²) in [6.07, 6.45) is 11.0. The number of hydrogen-bond donors (Lipinski definition) is 0. The van der Waals surface area contributed by atoms with Gasteiger partial charge in [-0.25, -0.2) is 8.78 Å². The summed E-state index contributed by atoms with van der Waals surface area (Å²) in [6.45, 7) is 4.38. The molecule has 0 unspecified atom stereocenters. The predicted molar refractivity (Wildman–Crippen MR) is 154 cm³/mol. The first-order chi connectivity index (χ1) is 18.1. The third-order valence-electron chi connectivity index (χ3n) is 7.19. The van der Waals surface area contributed by atoms with E-state index in [4.69, 9.17) is 0 Å². The summed E-state index contributed by atoms with van der Waals surface area (Å²) in [5.74, 6) is -1.60. The minimum Gasteiger partial charge on any atom is -0.203 e. The molecule has 2 heteroatoms. The van der Waals surface area contributed by atoms with Crippen LogP contribution in [0.3, 0.4) is 0 Å². The van der Waals surface area contributed by atoms with E-state index in [1.165, 1.54) is 49.7 Å². The molecule has 0 fully saturated rings. The molecule has 0 saturated heterocycles. The molecule has 4 rings (SSSR count). The smallest absolute Gasteiger partial charge is 0.167 e. The third-order valence-corrected chi connectivity index (χ3v) is 7.19. The molecule has 0 aliphatic carbocycles. The molecular weight excluding hydrogens is 458 g/mol. The predicted octanol–water partition coefficient (Wildman–Crippen LogP) is 10.8. The highest BCUT2D eigenvalue weighted by atomic mass is 19.2. The van der Waals surface area contributed by atoms with E-state index in [0.29, 0.717) is 16.7 Å². The van der Waals surface area contributed by atoms with Crippen LogP contribution in [-0.4, -0.2) is 0 Å². The van der Waals surface area contributed by atoms with Gasteiger partial charge in [-0.3, -0.25) is 0 Å². The van der Waals surface area contributed by atoms with Crippen LogP contribution in [0.2, 0.25) is 0 Å². The molecule has 0 bridgehead atoms. The summed E-state index contributed by atoms with van der Waals surface area (Å²) in [4.78, 5) is 0. The molecule has 0 saturated carbocycles. The van der Waals surface area contributed by atoms with Gasteiger partial charge in [0.25, 0.3) is 0 Å². The lowest BCUT2D eigenvalue weighted by atomic mass is 9.96. The molecule has 0 radical (unpaired) electrons. The molecule has 37 heavy (non-hydrogen) atoms. The van der Waals surface area contributed by atoms with Crippen LogP contribution < -0.4 is 0 Å². The van der Waals surface area contributed by atoms with E-state index >= 15 is 8.78 Å². The van der Waals surface area contributed by atoms with Crippen molar-refractivity contribution < 1.29 is 8.78 Å². The second-order valence-electron chi connectivity index (χ2n) is 10.0. The van der Waals surface area contributed by atoms with E-state index in [0.717, 1.165) is 30.4 Å². The van der Waals surface area contributed by atoms with E-state index < -0.39 is 11.6 Å². The van der Waals surface area contributed by atoms with Crippen molar-refractivity contribution in [1.82, 2.24) is 0 Å². The topological polar surface area (TPSA) is 0 Å². The summed E-state index contributed by atoms with van der Waals surface area (Å²) < 4.78 is 30.2. The Kier molecular flexibility index (Phi) is 9.65. The number of aryl methyl sites for hydroxylation is 2. The van der Waals surface area contributed by atoms with Crippen LogP contribution in [0.25, 0.3) is 33.4 Å². The van der Waals surface area contributed by atoms with E-state index in [2.05, 4.69) is 38.1 Å². The Hall–Kier alpha value is -3.26. The molecule has 0 N–H and O–H groups in total. The van der Waals surface area contributed by atoms with Gasteiger partial charge in [-0.05, 0) is 52.6 Å². The highest BCUT2D eigenvalue weighted by molar-refractivity contribution is 5.74. The average molecular weight is 497 g/mol. The fourth-order valence-electron chi connectivity index (χ4n) is 4.95. The maximum absolute atomic E-state index is 15.1. The number of unbranched alkanes of at least 4 members (excludes halogenated alkanes) is 5. The van der Waals surface area contributed by atoms with Gasteiger partial charge in [0.2, 0.25) is 0 Å². The maximum atomic E-state index is 15.1. The van der Waals surface area contributed by atoms with Crippen LogP contribution in [0.1, 0.15) is 69.9 Å². The van der Waals surface area contributed by atoms with E-state index in [1.54, 1.807) is 12.1 Å². The van der Waals surface area contributed by atoms with Crippen LogP contribution in [0.4, 0.5) is 8.78 Å². The van der Waals surface area contributed by atoms with Gasteiger partial charge in [0.1, 0.15) is 0 Å². The van der Waals surface area contributed by atoms with Crippen LogP contribution in [0.15, 0.2) is 84.9 Å². The molecule has 0 aliphatic rings. The Morgan fingerprint density at radius 2 is 0.811 bits per heavy atom. The first-order valence-electron chi connectivity index (χ1n) is 13.9. The fraction of sp³-hybridized carbons (Fsp3) is 0.314. The highest BCUT2D eigenvalue weighted by Gasteiger charge is 2.16. The Labute approximate surface area is 221 Å². The first-order valence-corrected chi connectivity index (χ1v) is 13.9. The Balaban J connectivity index is 1.42. The van der Waals surface area contributed by atoms with Crippen LogP contribution in [0, 0.1) is 11.6 Å². The average Bonchev–Trinajstić information content (AvgIpc) is 2.93. The van der Waals surface area contributed by atoms with Crippen molar-refractivity contribution in [3.63, 3.8) is 0 Å². The van der Waals surface area contributed by atoms with E-state index in [9.17, 15) is 0 Å². The lowest BCUT2D eigenvalue weighted by Gasteiger charge is -2.11. The van der Waals surface area contributed by atoms with Crippen molar-refractivity contribution in [2.24, 2.45) is 0 Å². The van der Waals surface area contributed by atoms with Crippen molar-refractivity contribution in [3.8, 4) is 33.4 Å². The number of rotatable bonds is 12. The molecule has 0 atom stereocenters. The quantitative estimate of drug-likeness (QED) is 0.171. The van der Waals surface area contributed by atoms with Gasteiger partial charge < -0.3 is 0 Å². The molecule has 0 amide bonds. The largest absolute Gasteiger partial charge is 0.203 e. The Morgan fingerprint density at radius 3 is 1.32 bits per heavy atom. The second kappa shape index (κ2) is 13.3. The van der Waals surface area contributed by atoms with Gasteiger partial charge >= 0.3 is 0 Å². The maximum Gasteiger partial charge on any atom is 0.167 e. The molecule has 4 aromatic carbocycles. The van der Waals surface area contributed by atoms with Gasteiger partial charge in [0, 0.05) is 11.1 Å². The van der Waals surface area contributed by atoms with Crippen LogP contribution in [0.5, 0.6) is 0 Å². The van der Waals surface area contributed by atoms with Crippen molar-refractivity contribution in [2.45, 2.75) is 71.6 Å². The highest BCUT2D eigenvalue weighted by Crippen LogP contribution is 2.33. The summed E-state index contributed by atoms with van der Waals surface area (Å²) in [6, 6.07) is 27.5. The zero-order valence-corrected chi connectivity index (χ0v) is 22.2. The van der Waals surface area contributed by atoms with Crippen molar-refractivity contribution in [3.05, 3.63) is 108 Å². The van der Waals surface area contributed by atoms with Crippen LogP contribution in [-0.2, 0) is 12.8 Å². The van der Waals surface area contributed by atoms with E-state index in [-0.39, 0.29) is 5.56 Å². The molecule has 0 heterocycles. The summed E-state index contributed by atoms with van der Waals surface area (Å²) in [5.41, 5.74) is 6.71. The number of benzene rings is 4. The minimum absolute atomic E-state index is 0.282. The Morgan fingerprint density at radius 1 is 0.405 bits per heavy atom.